The molecule has 1 aliphatic heterocycles. The lowest BCUT2D eigenvalue weighted by Crippen LogP contribution is -2.27. The number of nitrogens with zero attached hydrogens (tertiary/aromatic N) is 4. The van der Waals surface area contributed by atoms with Gasteiger partial charge in [-0.1, -0.05) is 18.2 Å². The number of aryl methyl sites for hydroxylation is 1. The van der Waals surface area contributed by atoms with Gasteiger partial charge in [0.05, 0.1) is 18.2 Å². The van der Waals surface area contributed by atoms with E-state index in [1.54, 1.807) is 18.4 Å². The van der Waals surface area contributed by atoms with Crippen LogP contribution in [0.3, 0.4) is 0 Å². The summed E-state index contributed by atoms with van der Waals surface area (Å²) in [6, 6.07) is 17.4. The predicted octanol–water partition coefficient (Wildman–Crippen LogP) is 7.00. The third-order valence-corrected chi connectivity index (χ3v) is 8.30. The molecule has 1 aliphatic rings. The van der Waals surface area contributed by atoms with E-state index >= 15 is 0 Å². The van der Waals surface area contributed by atoms with Crippen molar-refractivity contribution in [3.05, 3.63) is 89.2 Å². The molecule has 206 valence electrons. The molecule has 0 radical (unpaired) electrons. The van der Waals surface area contributed by atoms with Crippen LogP contribution in [0, 0.1) is 6.92 Å². The molecule has 0 aliphatic carbocycles. The molecule has 6 aromatic rings. The number of ether oxygens (including phenoxy) is 2. The van der Waals surface area contributed by atoms with Crippen molar-refractivity contribution in [3.63, 3.8) is 0 Å². The summed E-state index contributed by atoms with van der Waals surface area (Å²) in [5.41, 5.74) is 5.92. The van der Waals surface area contributed by atoms with Crippen molar-refractivity contribution in [2.45, 2.75) is 26.4 Å². The molecule has 0 spiro atoms. The zero-order chi connectivity index (χ0) is 27.9. The first-order chi connectivity index (χ1) is 20.0. The van der Waals surface area contributed by atoms with Crippen molar-refractivity contribution in [3.8, 4) is 33.5 Å². The smallest absolute Gasteiger partial charge is 0.253 e. The number of fused-ring (bicyclic) bond motifs is 2. The lowest BCUT2D eigenvalue weighted by Gasteiger charge is -2.15. The van der Waals surface area contributed by atoms with E-state index in [4.69, 9.17) is 23.9 Å². The average molecular weight is 565 g/mol. The number of benzene rings is 2. The minimum atomic E-state index is 0.102. The number of pyridine rings is 1. The molecule has 0 N–H and O–H groups in total. The van der Waals surface area contributed by atoms with Gasteiger partial charge in [0, 0.05) is 54.1 Å². The Kier molecular flexibility index (Phi) is 6.43. The fourth-order valence-electron chi connectivity index (χ4n) is 5.18. The molecule has 1 saturated heterocycles. The second-order valence-electron chi connectivity index (χ2n) is 10.3. The van der Waals surface area contributed by atoms with Gasteiger partial charge in [-0.2, -0.15) is 0 Å². The van der Waals surface area contributed by atoms with Crippen LogP contribution < -0.4 is 9.47 Å². The van der Waals surface area contributed by atoms with Crippen molar-refractivity contribution in [2.75, 3.05) is 20.2 Å². The van der Waals surface area contributed by atoms with Crippen LogP contribution in [0.4, 0.5) is 0 Å². The number of imidazole rings is 1. The van der Waals surface area contributed by atoms with Gasteiger partial charge in [-0.05, 0) is 49.6 Å². The first kappa shape index (κ1) is 25.3. The molecule has 1 amide bonds. The fraction of sp³-hybridized carbons (Fsp3) is 0.219. The summed E-state index contributed by atoms with van der Waals surface area (Å²) >= 11 is 1.55. The maximum Gasteiger partial charge on any atom is 0.253 e. The Bertz CT molecular complexity index is 1880. The summed E-state index contributed by atoms with van der Waals surface area (Å²) < 4.78 is 20.0. The van der Waals surface area contributed by atoms with E-state index in [1.165, 1.54) is 0 Å². The quantitative estimate of drug-likeness (QED) is 0.208. The molecule has 8 nitrogen and oxygen atoms in total. The van der Waals surface area contributed by atoms with Crippen molar-refractivity contribution in [1.82, 2.24) is 19.3 Å². The summed E-state index contributed by atoms with van der Waals surface area (Å²) in [4.78, 5) is 24.1. The molecule has 2 aromatic carbocycles. The predicted molar refractivity (Wildman–Crippen MR) is 159 cm³/mol. The van der Waals surface area contributed by atoms with Gasteiger partial charge in [-0.3, -0.25) is 4.79 Å². The number of amides is 1. The summed E-state index contributed by atoms with van der Waals surface area (Å²) in [5.74, 6) is 2.04. The van der Waals surface area contributed by atoms with E-state index in [-0.39, 0.29) is 5.91 Å². The van der Waals surface area contributed by atoms with Gasteiger partial charge < -0.3 is 23.2 Å². The number of methoxy groups -OCH3 is 1. The summed E-state index contributed by atoms with van der Waals surface area (Å²) in [6.07, 6.45) is 6.16. The van der Waals surface area contributed by atoms with Crippen molar-refractivity contribution in [2.24, 2.45) is 0 Å². The van der Waals surface area contributed by atoms with Gasteiger partial charge in [0.1, 0.15) is 40.0 Å². The summed E-state index contributed by atoms with van der Waals surface area (Å²) in [5, 5.41) is 3.71. The van der Waals surface area contributed by atoms with Crippen LogP contribution in [0.25, 0.3) is 38.6 Å². The minimum absolute atomic E-state index is 0.102. The van der Waals surface area contributed by atoms with E-state index in [0.717, 1.165) is 70.1 Å². The third kappa shape index (κ3) is 4.93. The Morgan fingerprint density at radius 2 is 1.85 bits per heavy atom. The van der Waals surface area contributed by atoms with E-state index in [1.807, 2.05) is 81.7 Å². The molecule has 41 heavy (non-hydrogen) atoms. The average Bonchev–Trinajstić information content (AvgIpc) is 3.81. The molecule has 1 fully saturated rings. The minimum Gasteiger partial charge on any atom is -0.496 e. The highest BCUT2D eigenvalue weighted by molar-refractivity contribution is 7.13. The van der Waals surface area contributed by atoms with E-state index < -0.39 is 0 Å². The van der Waals surface area contributed by atoms with Gasteiger partial charge in [0.15, 0.2) is 5.76 Å². The zero-order valence-corrected chi connectivity index (χ0v) is 23.6. The first-order valence-electron chi connectivity index (χ1n) is 13.6. The van der Waals surface area contributed by atoms with Crippen LogP contribution in [-0.2, 0) is 6.61 Å². The molecule has 7 rings (SSSR count). The SMILES string of the molecule is COc1cc(OCc2csc(-c3ccc(C(=O)N4CCCC4)cc3)n2)c2cc(-c3cn4cc(C)ccc4n3)oc2c1. The number of carbonyl (C=O) groups excluding carboxylic acids is 1. The van der Waals surface area contributed by atoms with Crippen LogP contribution in [0.5, 0.6) is 11.5 Å². The zero-order valence-electron chi connectivity index (χ0n) is 22.8. The Morgan fingerprint density at radius 1 is 1.02 bits per heavy atom. The number of rotatable bonds is 7. The number of hydrogen-bond acceptors (Lipinski definition) is 7. The Balaban J connectivity index is 1.10. The molecular weight excluding hydrogens is 536 g/mol. The number of hydrogen-bond donors (Lipinski definition) is 0. The topological polar surface area (TPSA) is 82.1 Å². The summed E-state index contributed by atoms with van der Waals surface area (Å²) in [7, 11) is 1.62. The van der Waals surface area contributed by atoms with E-state index in [9.17, 15) is 4.79 Å². The van der Waals surface area contributed by atoms with Crippen LogP contribution in [0.15, 0.2) is 76.8 Å². The normalized spacial score (nSPS) is 13.4. The number of carbonyl (C=O) groups is 1. The van der Waals surface area contributed by atoms with Crippen molar-refractivity contribution >= 4 is 33.9 Å². The number of thiazole rings is 1. The molecule has 0 saturated carbocycles. The van der Waals surface area contributed by atoms with Gasteiger partial charge in [-0.25, -0.2) is 9.97 Å². The molecule has 4 aromatic heterocycles. The highest BCUT2D eigenvalue weighted by Crippen LogP contribution is 2.37. The summed E-state index contributed by atoms with van der Waals surface area (Å²) in [6.45, 7) is 4.03. The molecule has 0 unspecified atom stereocenters. The van der Waals surface area contributed by atoms with Crippen LogP contribution in [0.1, 0.15) is 34.5 Å². The number of furan rings is 1. The third-order valence-electron chi connectivity index (χ3n) is 7.36. The maximum absolute atomic E-state index is 12.7. The number of likely N-dealkylation sites (tertiary alicyclic amines) is 1. The standard InChI is InChI=1S/C32H28N4O4S/c1-20-5-10-30-34-26(17-36(30)16-20)29-15-25-27(13-24(38-2)14-28(25)40-29)39-18-23-19-41-31(33-23)21-6-8-22(9-7-21)32(37)35-11-3-4-12-35/h5-10,13-17,19H,3-4,11-12,18H2,1-2H3. The maximum atomic E-state index is 12.7. The lowest BCUT2D eigenvalue weighted by atomic mass is 10.1. The molecule has 9 heteroatoms. The Labute approximate surface area is 240 Å². The van der Waals surface area contributed by atoms with Gasteiger partial charge in [0.25, 0.3) is 5.91 Å². The molecule has 0 bridgehead atoms. The highest BCUT2D eigenvalue weighted by atomic mass is 32.1. The second-order valence-corrected chi connectivity index (χ2v) is 11.1. The second kappa shape index (κ2) is 10.4. The Hall–Kier alpha value is -4.63. The highest BCUT2D eigenvalue weighted by Gasteiger charge is 2.20. The van der Waals surface area contributed by atoms with Gasteiger partial charge >= 0.3 is 0 Å². The molecular formula is C32H28N4O4S. The monoisotopic (exact) mass is 564 g/mol. The van der Waals surface area contributed by atoms with Gasteiger partial charge in [-0.15, -0.1) is 11.3 Å². The fourth-order valence-corrected chi connectivity index (χ4v) is 5.99. The molecule has 0 atom stereocenters. The van der Waals surface area contributed by atoms with Crippen molar-refractivity contribution < 1.29 is 18.7 Å². The first-order valence-corrected chi connectivity index (χ1v) is 14.5. The molecule has 5 heterocycles. The van der Waals surface area contributed by atoms with Crippen molar-refractivity contribution in [1.29, 1.82) is 0 Å². The van der Waals surface area contributed by atoms with Crippen LogP contribution in [0.2, 0.25) is 0 Å². The lowest BCUT2D eigenvalue weighted by molar-refractivity contribution is 0.0793. The Morgan fingerprint density at radius 3 is 2.66 bits per heavy atom. The van der Waals surface area contributed by atoms with Crippen LogP contribution in [-0.4, -0.2) is 45.4 Å². The number of aromatic nitrogens is 3. The van der Waals surface area contributed by atoms with Gasteiger partial charge in [0.2, 0.25) is 0 Å². The van der Waals surface area contributed by atoms with E-state index in [2.05, 4.69) is 6.92 Å². The van der Waals surface area contributed by atoms with E-state index in [0.29, 0.717) is 29.4 Å². The van der Waals surface area contributed by atoms with Crippen LogP contribution >= 0.6 is 11.3 Å². The largest absolute Gasteiger partial charge is 0.496 e.